The summed E-state index contributed by atoms with van der Waals surface area (Å²) in [5.41, 5.74) is 6.11. The highest BCUT2D eigenvalue weighted by atomic mass is 16.1. The van der Waals surface area contributed by atoms with Gasteiger partial charge in [0.25, 0.3) is 0 Å². The fourth-order valence-corrected chi connectivity index (χ4v) is 4.03. The third-order valence-electron chi connectivity index (χ3n) is 5.49. The average Bonchev–Trinajstić information content (AvgIpc) is 2.91. The molecule has 156 valence electrons. The summed E-state index contributed by atoms with van der Waals surface area (Å²) in [5, 5.41) is 3.69. The summed E-state index contributed by atoms with van der Waals surface area (Å²) in [7, 11) is 0. The lowest BCUT2D eigenvalue weighted by Gasteiger charge is -2.27. The van der Waals surface area contributed by atoms with Gasteiger partial charge in [-0.05, 0) is 41.7 Å². The summed E-state index contributed by atoms with van der Waals surface area (Å²) in [4.78, 5) is 12.5. The van der Waals surface area contributed by atoms with Crippen LogP contribution in [-0.2, 0) is 4.79 Å². The van der Waals surface area contributed by atoms with Crippen molar-refractivity contribution in [1.82, 2.24) is 5.32 Å². The second-order valence-corrected chi connectivity index (χ2v) is 7.41. The van der Waals surface area contributed by atoms with E-state index in [1.165, 1.54) is 27.8 Å². The first-order chi connectivity index (χ1) is 14.0. The molecule has 3 atom stereocenters. The van der Waals surface area contributed by atoms with Crippen LogP contribution in [0.2, 0.25) is 0 Å². The number of rotatable bonds is 5. The molecule has 0 aromatic heterocycles. The van der Waals surface area contributed by atoms with E-state index < -0.39 is 0 Å². The van der Waals surface area contributed by atoms with Gasteiger partial charge in [0.05, 0.1) is 0 Å². The van der Waals surface area contributed by atoms with Crippen LogP contribution in [0.15, 0.2) is 72.3 Å². The van der Waals surface area contributed by atoms with E-state index in [1.807, 2.05) is 32.9 Å². The topological polar surface area (TPSA) is 29.1 Å². The SMILES string of the molecule is CC.CCC(=O)C(C)C1NC(C)C=C(c2ccccc2)C(c2ccccc2)=C1C.[HH]. The van der Waals surface area contributed by atoms with Crippen molar-refractivity contribution in [2.75, 3.05) is 0 Å². The fraction of sp³-hybridized carbons (Fsp3) is 0.370. The fourth-order valence-electron chi connectivity index (χ4n) is 4.03. The molecule has 1 aliphatic heterocycles. The first-order valence-electron chi connectivity index (χ1n) is 10.9. The molecule has 1 N–H and O–H groups in total. The van der Waals surface area contributed by atoms with E-state index in [9.17, 15) is 4.79 Å². The van der Waals surface area contributed by atoms with Crippen LogP contribution in [-0.4, -0.2) is 17.9 Å². The van der Waals surface area contributed by atoms with Gasteiger partial charge in [0, 0.05) is 25.8 Å². The van der Waals surface area contributed by atoms with E-state index >= 15 is 0 Å². The van der Waals surface area contributed by atoms with Gasteiger partial charge in [-0.2, -0.15) is 0 Å². The predicted octanol–water partition coefficient (Wildman–Crippen LogP) is 6.79. The number of allylic oxidation sites excluding steroid dienone is 2. The molecule has 0 fully saturated rings. The van der Waals surface area contributed by atoms with Crippen molar-refractivity contribution >= 4 is 16.9 Å². The molecule has 0 saturated carbocycles. The van der Waals surface area contributed by atoms with Crippen LogP contribution < -0.4 is 5.32 Å². The molecule has 0 aliphatic carbocycles. The molecule has 0 amide bonds. The standard InChI is InChI=1S/C25H29NO.C2H6.H2/c1-5-23(27)18(3)25-19(4)24(21-14-10-7-11-15-21)22(16-17(2)26-25)20-12-8-6-9-13-20;1-2;/h6-18,25-26H,5H2,1-4H3;1-2H3;1H. The Morgan fingerprint density at radius 2 is 1.52 bits per heavy atom. The molecule has 3 rings (SSSR count). The zero-order chi connectivity index (χ0) is 21.4. The van der Waals surface area contributed by atoms with E-state index in [1.54, 1.807) is 0 Å². The number of carbonyl (C=O) groups is 1. The van der Waals surface area contributed by atoms with Gasteiger partial charge in [0.2, 0.25) is 0 Å². The highest BCUT2D eigenvalue weighted by molar-refractivity contribution is 6.07. The van der Waals surface area contributed by atoms with Crippen LogP contribution in [0.25, 0.3) is 11.1 Å². The Morgan fingerprint density at radius 1 is 1.00 bits per heavy atom. The minimum absolute atomic E-state index is 0. The molecular weight excluding hydrogens is 354 g/mol. The maximum Gasteiger partial charge on any atom is 0.137 e. The van der Waals surface area contributed by atoms with Crippen molar-refractivity contribution in [2.24, 2.45) is 5.92 Å². The normalized spacial score (nSPS) is 20.1. The lowest BCUT2D eigenvalue weighted by Crippen LogP contribution is -2.43. The number of nitrogens with one attached hydrogen (secondary N) is 1. The zero-order valence-corrected chi connectivity index (χ0v) is 18.7. The van der Waals surface area contributed by atoms with Gasteiger partial charge in [-0.25, -0.2) is 0 Å². The van der Waals surface area contributed by atoms with Crippen LogP contribution in [0, 0.1) is 5.92 Å². The van der Waals surface area contributed by atoms with E-state index in [0.29, 0.717) is 12.2 Å². The van der Waals surface area contributed by atoms with E-state index in [0.717, 1.165) is 0 Å². The number of benzene rings is 2. The molecule has 3 unspecified atom stereocenters. The molecule has 2 nitrogen and oxygen atoms in total. The van der Waals surface area contributed by atoms with Crippen LogP contribution in [0.3, 0.4) is 0 Å². The summed E-state index contributed by atoms with van der Waals surface area (Å²) in [5.74, 6) is 0.245. The number of ketones is 1. The summed E-state index contributed by atoms with van der Waals surface area (Å²) in [6, 6.07) is 21.3. The molecule has 0 spiro atoms. The third kappa shape index (κ3) is 5.33. The second-order valence-electron chi connectivity index (χ2n) is 7.41. The van der Waals surface area contributed by atoms with Crippen LogP contribution in [0.1, 0.15) is 60.5 Å². The van der Waals surface area contributed by atoms with Gasteiger partial charge >= 0.3 is 0 Å². The summed E-state index contributed by atoms with van der Waals surface area (Å²) in [6.45, 7) is 12.3. The molecule has 0 bridgehead atoms. The molecule has 0 radical (unpaired) electrons. The highest BCUT2D eigenvalue weighted by Crippen LogP contribution is 2.38. The van der Waals surface area contributed by atoms with Gasteiger partial charge in [-0.15, -0.1) is 0 Å². The number of hydrogen-bond donors (Lipinski definition) is 1. The highest BCUT2D eigenvalue weighted by Gasteiger charge is 2.30. The van der Waals surface area contributed by atoms with Crippen molar-refractivity contribution in [2.45, 2.75) is 60.0 Å². The lowest BCUT2D eigenvalue weighted by atomic mass is 9.83. The lowest BCUT2D eigenvalue weighted by molar-refractivity contribution is -0.122. The Bertz CT molecular complexity index is 855. The van der Waals surface area contributed by atoms with Crippen molar-refractivity contribution in [3.63, 3.8) is 0 Å². The van der Waals surface area contributed by atoms with Crippen LogP contribution in [0.5, 0.6) is 0 Å². The average molecular weight is 392 g/mol. The summed E-state index contributed by atoms with van der Waals surface area (Å²) in [6.07, 6.45) is 2.87. The minimum atomic E-state index is -0.0558. The van der Waals surface area contributed by atoms with Gasteiger partial charge < -0.3 is 5.32 Å². The molecule has 1 heterocycles. The Labute approximate surface area is 178 Å². The Morgan fingerprint density at radius 3 is 2.03 bits per heavy atom. The Hall–Kier alpha value is -2.45. The molecule has 0 saturated heterocycles. The van der Waals surface area contributed by atoms with Crippen LogP contribution in [0.4, 0.5) is 0 Å². The largest absolute Gasteiger partial charge is 0.304 e. The maximum absolute atomic E-state index is 12.5. The van der Waals surface area contributed by atoms with Gasteiger partial charge in [0.1, 0.15) is 5.78 Å². The molecule has 1 aliphatic rings. The Kier molecular flexibility index (Phi) is 8.60. The van der Waals surface area contributed by atoms with Gasteiger partial charge in [-0.1, -0.05) is 94.4 Å². The summed E-state index contributed by atoms with van der Waals surface area (Å²) >= 11 is 0. The molecule has 2 aromatic rings. The van der Waals surface area contributed by atoms with Crippen LogP contribution >= 0.6 is 0 Å². The maximum atomic E-state index is 12.5. The van der Waals surface area contributed by atoms with Crippen molar-refractivity contribution < 1.29 is 6.22 Å². The van der Waals surface area contributed by atoms with E-state index in [4.69, 9.17) is 0 Å². The minimum Gasteiger partial charge on any atom is -0.304 e. The van der Waals surface area contributed by atoms with E-state index in [2.05, 4.69) is 80.7 Å². The monoisotopic (exact) mass is 391 g/mol. The quantitative estimate of drug-likeness (QED) is 0.608. The first-order valence-corrected chi connectivity index (χ1v) is 10.9. The first kappa shape index (κ1) is 22.8. The molecule has 2 aromatic carbocycles. The molecule has 29 heavy (non-hydrogen) atoms. The molecule has 2 heteroatoms. The number of Topliss-reactive ketones (excluding diaryl/α,β-unsaturated/α-hetero) is 1. The van der Waals surface area contributed by atoms with Gasteiger partial charge in [-0.3, -0.25) is 4.79 Å². The summed E-state index contributed by atoms with van der Waals surface area (Å²) < 4.78 is 0. The van der Waals surface area contributed by atoms with Crippen molar-refractivity contribution in [3.8, 4) is 0 Å². The zero-order valence-electron chi connectivity index (χ0n) is 18.7. The van der Waals surface area contributed by atoms with Crippen molar-refractivity contribution in [3.05, 3.63) is 83.4 Å². The number of hydrogen-bond acceptors (Lipinski definition) is 2. The van der Waals surface area contributed by atoms with Crippen molar-refractivity contribution in [1.29, 1.82) is 0 Å². The van der Waals surface area contributed by atoms with Gasteiger partial charge in [0.15, 0.2) is 0 Å². The predicted molar refractivity (Wildman–Crippen MR) is 128 cm³/mol. The number of carbonyl (C=O) groups excluding carboxylic acids is 1. The Balaban J connectivity index is 0.00000146. The second kappa shape index (κ2) is 10.9. The smallest absolute Gasteiger partial charge is 0.137 e. The molecular formula is C27H37NO. The third-order valence-corrected chi connectivity index (χ3v) is 5.49. The van der Waals surface area contributed by atoms with E-state index in [-0.39, 0.29) is 19.4 Å².